The van der Waals surface area contributed by atoms with Crippen LogP contribution in [-0.2, 0) is 11.4 Å². The van der Waals surface area contributed by atoms with Crippen molar-refractivity contribution in [3.8, 4) is 5.75 Å². The number of benzene rings is 2. The molecule has 0 aliphatic rings. The van der Waals surface area contributed by atoms with E-state index in [9.17, 15) is 9.90 Å². The van der Waals surface area contributed by atoms with Gasteiger partial charge in [0, 0.05) is 9.72 Å². The van der Waals surface area contributed by atoms with E-state index in [1.54, 1.807) is 11.3 Å². The maximum atomic E-state index is 11.4. The van der Waals surface area contributed by atoms with Crippen LogP contribution >= 0.6 is 22.9 Å². The van der Waals surface area contributed by atoms with Gasteiger partial charge in [0.05, 0.1) is 5.92 Å². The highest BCUT2D eigenvalue weighted by Crippen LogP contribution is 2.35. The van der Waals surface area contributed by atoms with E-state index < -0.39 is 11.9 Å². The van der Waals surface area contributed by atoms with Crippen molar-refractivity contribution in [3.63, 3.8) is 0 Å². The first-order chi connectivity index (χ1) is 12.0. The predicted molar refractivity (Wildman–Crippen MR) is 103 cm³/mol. The van der Waals surface area contributed by atoms with E-state index in [2.05, 4.69) is 0 Å². The molecule has 3 nitrogen and oxygen atoms in total. The summed E-state index contributed by atoms with van der Waals surface area (Å²) in [6.07, 6.45) is 0.579. The van der Waals surface area contributed by atoms with Crippen LogP contribution in [0, 0.1) is 6.92 Å². The molecule has 2 aromatic carbocycles. The van der Waals surface area contributed by atoms with Gasteiger partial charge in [0.1, 0.15) is 12.4 Å². The molecule has 1 unspecified atom stereocenters. The zero-order valence-corrected chi connectivity index (χ0v) is 15.7. The van der Waals surface area contributed by atoms with Gasteiger partial charge in [0.25, 0.3) is 0 Å². The molecule has 3 rings (SSSR count). The number of carboxylic acids is 1. The minimum atomic E-state index is -0.777. The van der Waals surface area contributed by atoms with Gasteiger partial charge < -0.3 is 9.84 Å². The summed E-state index contributed by atoms with van der Waals surface area (Å²) in [5.41, 5.74) is 3.07. The highest BCUT2D eigenvalue weighted by molar-refractivity contribution is 7.17. The van der Waals surface area contributed by atoms with Crippen molar-refractivity contribution in [1.29, 1.82) is 0 Å². The van der Waals surface area contributed by atoms with Crippen LogP contribution in [0.15, 0.2) is 41.8 Å². The Hall–Kier alpha value is -2.04. The number of carbonyl (C=O) groups is 1. The summed E-state index contributed by atoms with van der Waals surface area (Å²) >= 11 is 7.54. The van der Waals surface area contributed by atoms with E-state index in [0.29, 0.717) is 13.0 Å². The Morgan fingerprint density at radius 2 is 2.08 bits per heavy atom. The van der Waals surface area contributed by atoms with Crippen LogP contribution in [-0.4, -0.2) is 11.1 Å². The molecule has 1 N–H and O–H groups in total. The van der Waals surface area contributed by atoms with Crippen LogP contribution in [0.1, 0.15) is 36.0 Å². The second-order valence-electron chi connectivity index (χ2n) is 6.01. The summed E-state index contributed by atoms with van der Waals surface area (Å²) in [5.74, 6) is -0.461. The molecule has 0 amide bonds. The van der Waals surface area contributed by atoms with E-state index in [4.69, 9.17) is 16.3 Å². The first-order valence-electron chi connectivity index (χ1n) is 8.11. The molecule has 130 valence electrons. The van der Waals surface area contributed by atoms with Crippen LogP contribution in [0.3, 0.4) is 0 Å². The van der Waals surface area contributed by atoms with Gasteiger partial charge in [0.2, 0.25) is 0 Å². The first kappa shape index (κ1) is 17.8. The third kappa shape index (κ3) is 3.80. The van der Waals surface area contributed by atoms with Crippen LogP contribution in [0.5, 0.6) is 5.75 Å². The van der Waals surface area contributed by atoms with Gasteiger partial charge in [-0.3, -0.25) is 4.79 Å². The Labute approximate surface area is 155 Å². The van der Waals surface area contributed by atoms with Crippen molar-refractivity contribution in [2.45, 2.75) is 32.8 Å². The number of rotatable bonds is 6. The summed E-state index contributed by atoms with van der Waals surface area (Å²) < 4.78 is 6.95. The molecule has 0 aliphatic heterocycles. The van der Waals surface area contributed by atoms with Crippen molar-refractivity contribution in [2.24, 2.45) is 0 Å². The molecule has 0 saturated carbocycles. The standard InChI is InChI=1S/C20H19ClO3S/c1-3-16(20(22)23)18-11-25-19-9-15(6-7-17(18)19)24-10-13-4-5-14(21)8-12(13)2/h4-9,11,16H,3,10H2,1-2H3,(H,22,23). The number of thiophene rings is 1. The minimum absolute atomic E-state index is 0.461. The van der Waals surface area contributed by atoms with Crippen LogP contribution < -0.4 is 4.74 Å². The lowest BCUT2D eigenvalue weighted by Gasteiger charge is -2.10. The van der Waals surface area contributed by atoms with Crippen molar-refractivity contribution in [2.75, 3.05) is 0 Å². The van der Waals surface area contributed by atoms with Gasteiger partial charge in [-0.2, -0.15) is 0 Å². The van der Waals surface area contributed by atoms with E-state index in [0.717, 1.165) is 37.5 Å². The Kier molecular flexibility index (Phi) is 5.30. The van der Waals surface area contributed by atoms with E-state index >= 15 is 0 Å². The smallest absolute Gasteiger partial charge is 0.311 e. The molecule has 0 saturated heterocycles. The Bertz CT molecular complexity index is 916. The number of fused-ring (bicyclic) bond motifs is 1. The average Bonchev–Trinajstić information content (AvgIpc) is 2.97. The van der Waals surface area contributed by atoms with Gasteiger partial charge in [-0.25, -0.2) is 0 Å². The zero-order valence-electron chi connectivity index (χ0n) is 14.1. The monoisotopic (exact) mass is 374 g/mol. The van der Waals surface area contributed by atoms with E-state index in [1.165, 1.54) is 0 Å². The molecule has 0 radical (unpaired) electrons. The van der Waals surface area contributed by atoms with E-state index in [1.807, 2.05) is 55.6 Å². The molecular formula is C20H19ClO3S. The highest BCUT2D eigenvalue weighted by atomic mass is 35.5. The lowest BCUT2D eigenvalue weighted by molar-refractivity contribution is -0.138. The summed E-state index contributed by atoms with van der Waals surface area (Å²) in [6.45, 7) is 4.38. The van der Waals surface area contributed by atoms with Crippen molar-refractivity contribution in [3.05, 3.63) is 63.5 Å². The molecule has 1 atom stereocenters. The molecule has 0 bridgehead atoms. The lowest BCUT2D eigenvalue weighted by atomic mass is 9.96. The quantitative estimate of drug-likeness (QED) is 0.573. The third-order valence-electron chi connectivity index (χ3n) is 4.36. The summed E-state index contributed by atoms with van der Waals surface area (Å²) in [5, 5.41) is 13.0. The number of aliphatic carboxylic acids is 1. The topological polar surface area (TPSA) is 46.5 Å². The second kappa shape index (κ2) is 7.46. The molecule has 1 heterocycles. The van der Waals surface area contributed by atoms with Crippen LogP contribution in [0.4, 0.5) is 0 Å². The van der Waals surface area contributed by atoms with Gasteiger partial charge in [-0.1, -0.05) is 24.6 Å². The molecule has 3 aromatic rings. The van der Waals surface area contributed by atoms with Crippen LogP contribution in [0.2, 0.25) is 5.02 Å². The SMILES string of the molecule is CCC(C(=O)O)c1csc2cc(OCc3ccc(Cl)cc3C)ccc12. The Morgan fingerprint density at radius 3 is 2.76 bits per heavy atom. The maximum absolute atomic E-state index is 11.4. The van der Waals surface area contributed by atoms with Gasteiger partial charge in [0.15, 0.2) is 0 Å². The number of carboxylic acid groups (broad SMARTS) is 1. The van der Waals surface area contributed by atoms with E-state index in [-0.39, 0.29) is 0 Å². The number of aryl methyl sites for hydroxylation is 1. The number of hydrogen-bond donors (Lipinski definition) is 1. The van der Waals surface area contributed by atoms with Gasteiger partial charge >= 0.3 is 5.97 Å². The molecule has 0 fully saturated rings. The molecule has 1 aromatic heterocycles. The molecule has 25 heavy (non-hydrogen) atoms. The fourth-order valence-corrected chi connectivity index (χ4v) is 4.17. The lowest BCUT2D eigenvalue weighted by Crippen LogP contribution is -2.09. The fraction of sp³-hybridized carbons (Fsp3) is 0.250. The normalized spacial score (nSPS) is 12.3. The Balaban J connectivity index is 1.81. The largest absolute Gasteiger partial charge is 0.489 e. The number of halogens is 1. The summed E-state index contributed by atoms with van der Waals surface area (Å²) in [7, 11) is 0. The molecule has 5 heteroatoms. The molecule has 0 spiro atoms. The fourth-order valence-electron chi connectivity index (χ4n) is 2.90. The van der Waals surface area contributed by atoms with Crippen LogP contribution in [0.25, 0.3) is 10.1 Å². The highest BCUT2D eigenvalue weighted by Gasteiger charge is 2.21. The van der Waals surface area contributed by atoms with Crippen molar-refractivity contribution >= 4 is 39.0 Å². The summed E-state index contributed by atoms with van der Waals surface area (Å²) in [4.78, 5) is 11.4. The second-order valence-corrected chi connectivity index (χ2v) is 7.36. The zero-order chi connectivity index (χ0) is 18.0. The first-order valence-corrected chi connectivity index (χ1v) is 9.37. The van der Waals surface area contributed by atoms with Gasteiger partial charge in [-0.05, 0) is 71.1 Å². The summed E-state index contributed by atoms with van der Waals surface area (Å²) in [6, 6.07) is 11.6. The average molecular weight is 375 g/mol. The van der Waals surface area contributed by atoms with Crippen molar-refractivity contribution in [1.82, 2.24) is 0 Å². The number of ether oxygens (including phenoxy) is 1. The molecule has 0 aliphatic carbocycles. The van der Waals surface area contributed by atoms with Gasteiger partial charge in [-0.15, -0.1) is 11.3 Å². The maximum Gasteiger partial charge on any atom is 0.311 e. The number of hydrogen-bond acceptors (Lipinski definition) is 3. The Morgan fingerprint density at radius 1 is 1.28 bits per heavy atom. The molecular weight excluding hydrogens is 356 g/mol. The van der Waals surface area contributed by atoms with Crippen molar-refractivity contribution < 1.29 is 14.6 Å². The third-order valence-corrected chi connectivity index (χ3v) is 5.56. The predicted octanol–water partition coefficient (Wildman–Crippen LogP) is 6.02. The minimum Gasteiger partial charge on any atom is -0.489 e.